The van der Waals surface area contributed by atoms with Crippen molar-refractivity contribution >= 4 is 21.6 Å². The van der Waals surface area contributed by atoms with Crippen LogP contribution >= 0.6 is 15.9 Å². The van der Waals surface area contributed by atoms with Crippen LogP contribution in [0.15, 0.2) is 59.3 Å². The summed E-state index contributed by atoms with van der Waals surface area (Å²) in [7, 11) is 0. The number of nitrogens with zero attached hydrogens (tertiary/aromatic N) is 2. The molecule has 0 aliphatic carbocycles. The van der Waals surface area contributed by atoms with Gasteiger partial charge in [0.15, 0.2) is 0 Å². The van der Waals surface area contributed by atoms with Gasteiger partial charge in [-0.25, -0.2) is 9.37 Å². The Morgan fingerprint density at radius 2 is 2.05 bits per heavy atom. The van der Waals surface area contributed by atoms with Gasteiger partial charge in [0, 0.05) is 30.2 Å². The van der Waals surface area contributed by atoms with E-state index in [1.165, 1.54) is 6.07 Å². The number of aromatic nitrogens is 2. The lowest BCUT2D eigenvalue weighted by molar-refractivity contribution is 0.619. The van der Waals surface area contributed by atoms with Gasteiger partial charge in [-0.3, -0.25) is 0 Å². The average Bonchev–Trinajstić information content (AvgIpc) is 2.91. The molecule has 21 heavy (non-hydrogen) atoms. The normalized spacial score (nSPS) is 10.8. The number of benzene rings is 2. The van der Waals surface area contributed by atoms with Gasteiger partial charge in [0.2, 0.25) is 0 Å². The van der Waals surface area contributed by atoms with Crippen molar-refractivity contribution in [2.75, 3.05) is 5.73 Å². The molecular weight excluding hydrogens is 333 g/mol. The van der Waals surface area contributed by atoms with E-state index in [1.54, 1.807) is 18.3 Å². The maximum Gasteiger partial charge on any atom is 0.140 e. The van der Waals surface area contributed by atoms with Crippen molar-refractivity contribution in [1.29, 1.82) is 0 Å². The topological polar surface area (TPSA) is 43.8 Å². The smallest absolute Gasteiger partial charge is 0.140 e. The summed E-state index contributed by atoms with van der Waals surface area (Å²) < 4.78 is 15.8. The summed E-state index contributed by atoms with van der Waals surface area (Å²) in [5.74, 6) is 0.572. The highest BCUT2D eigenvalue weighted by Gasteiger charge is 2.08. The van der Waals surface area contributed by atoms with Gasteiger partial charge in [0.05, 0.1) is 4.47 Å². The van der Waals surface area contributed by atoms with E-state index in [1.807, 2.05) is 35.0 Å². The van der Waals surface area contributed by atoms with Crippen molar-refractivity contribution in [2.24, 2.45) is 0 Å². The van der Waals surface area contributed by atoms with Crippen LogP contribution in [0.4, 0.5) is 10.1 Å². The van der Waals surface area contributed by atoms with Crippen LogP contribution in [0, 0.1) is 5.82 Å². The van der Waals surface area contributed by atoms with Crippen LogP contribution in [0.5, 0.6) is 0 Å². The zero-order chi connectivity index (χ0) is 14.8. The highest BCUT2D eigenvalue weighted by Crippen LogP contribution is 2.22. The van der Waals surface area contributed by atoms with E-state index in [0.29, 0.717) is 16.7 Å². The summed E-state index contributed by atoms with van der Waals surface area (Å²) in [5, 5.41) is 0. The van der Waals surface area contributed by atoms with E-state index in [9.17, 15) is 4.39 Å². The molecule has 0 amide bonds. The second-order valence-corrected chi connectivity index (χ2v) is 5.61. The Labute approximate surface area is 130 Å². The van der Waals surface area contributed by atoms with E-state index in [-0.39, 0.29) is 5.82 Å². The van der Waals surface area contributed by atoms with Gasteiger partial charge in [-0.2, -0.15) is 0 Å². The maximum atomic E-state index is 13.3. The van der Waals surface area contributed by atoms with Crippen molar-refractivity contribution in [3.8, 4) is 11.4 Å². The van der Waals surface area contributed by atoms with Gasteiger partial charge in [-0.1, -0.05) is 18.2 Å². The van der Waals surface area contributed by atoms with Crippen molar-refractivity contribution < 1.29 is 4.39 Å². The highest BCUT2D eigenvalue weighted by atomic mass is 79.9. The molecule has 0 atom stereocenters. The quantitative estimate of drug-likeness (QED) is 0.726. The molecular formula is C16H13BrFN3. The fourth-order valence-electron chi connectivity index (χ4n) is 2.21. The van der Waals surface area contributed by atoms with Crippen LogP contribution in [0.25, 0.3) is 11.4 Å². The number of nitrogen functional groups attached to an aromatic ring is 1. The van der Waals surface area contributed by atoms with Crippen LogP contribution in [0.1, 0.15) is 5.56 Å². The second-order valence-electron chi connectivity index (χ2n) is 4.75. The Balaban J connectivity index is 1.94. The van der Waals surface area contributed by atoms with E-state index in [4.69, 9.17) is 5.73 Å². The number of rotatable bonds is 3. The number of hydrogen-bond acceptors (Lipinski definition) is 2. The van der Waals surface area contributed by atoms with Crippen molar-refractivity contribution in [3.05, 3.63) is 70.7 Å². The molecule has 3 rings (SSSR count). The van der Waals surface area contributed by atoms with Crippen LogP contribution in [-0.4, -0.2) is 9.55 Å². The number of anilines is 1. The SMILES string of the molecule is Nc1cccc(-c2nccn2Cc2ccc(F)c(Br)c2)c1. The van der Waals surface area contributed by atoms with Crippen molar-refractivity contribution in [1.82, 2.24) is 9.55 Å². The number of hydrogen-bond donors (Lipinski definition) is 1. The summed E-state index contributed by atoms with van der Waals surface area (Å²) in [5.41, 5.74) is 8.47. The lowest BCUT2D eigenvalue weighted by Crippen LogP contribution is -2.01. The summed E-state index contributed by atoms with van der Waals surface area (Å²) >= 11 is 3.21. The predicted octanol–water partition coefficient (Wildman–Crippen LogP) is 4.08. The minimum Gasteiger partial charge on any atom is -0.399 e. The monoisotopic (exact) mass is 345 g/mol. The van der Waals surface area contributed by atoms with E-state index in [0.717, 1.165) is 17.0 Å². The third-order valence-electron chi connectivity index (χ3n) is 3.20. The molecule has 0 bridgehead atoms. The summed E-state index contributed by atoms with van der Waals surface area (Å²) in [4.78, 5) is 4.39. The van der Waals surface area contributed by atoms with Crippen LogP contribution in [0.3, 0.4) is 0 Å². The Hall–Kier alpha value is -2.14. The van der Waals surface area contributed by atoms with Crippen molar-refractivity contribution in [2.45, 2.75) is 6.54 Å². The molecule has 0 aliphatic heterocycles. The molecule has 0 saturated carbocycles. The third kappa shape index (κ3) is 2.97. The Kier molecular flexibility index (Phi) is 3.75. The van der Waals surface area contributed by atoms with Crippen molar-refractivity contribution in [3.63, 3.8) is 0 Å². The first kappa shape index (κ1) is 13.8. The minimum absolute atomic E-state index is 0.263. The molecule has 5 heteroatoms. The largest absolute Gasteiger partial charge is 0.399 e. The first-order valence-corrected chi connectivity index (χ1v) is 7.24. The standard InChI is InChI=1S/C16H13BrFN3/c17-14-8-11(4-5-15(14)18)10-21-7-6-20-16(21)12-2-1-3-13(19)9-12/h1-9H,10,19H2. The molecule has 0 unspecified atom stereocenters. The number of imidazole rings is 1. The molecule has 1 heterocycles. The van der Waals surface area contributed by atoms with Gasteiger partial charge in [0.1, 0.15) is 11.6 Å². The zero-order valence-corrected chi connectivity index (χ0v) is 12.7. The minimum atomic E-state index is -0.263. The highest BCUT2D eigenvalue weighted by molar-refractivity contribution is 9.10. The van der Waals surface area contributed by atoms with Gasteiger partial charge in [-0.05, 0) is 45.8 Å². The first-order valence-electron chi connectivity index (χ1n) is 6.44. The summed E-state index contributed by atoms with van der Waals surface area (Å²) in [6, 6.07) is 12.6. The Morgan fingerprint density at radius 1 is 1.19 bits per heavy atom. The van der Waals surface area contributed by atoms with E-state index >= 15 is 0 Å². The first-order chi connectivity index (χ1) is 10.1. The molecule has 0 aliphatic rings. The molecule has 2 N–H and O–H groups in total. The average molecular weight is 346 g/mol. The van der Waals surface area contributed by atoms with Gasteiger partial charge in [0.25, 0.3) is 0 Å². The third-order valence-corrected chi connectivity index (χ3v) is 3.80. The summed E-state index contributed by atoms with van der Waals surface area (Å²) in [6.45, 7) is 0.614. The van der Waals surface area contributed by atoms with Crippen LogP contribution in [-0.2, 0) is 6.54 Å². The zero-order valence-electron chi connectivity index (χ0n) is 11.1. The molecule has 1 aromatic heterocycles. The fraction of sp³-hybridized carbons (Fsp3) is 0.0625. The molecule has 0 fully saturated rings. The lowest BCUT2D eigenvalue weighted by atomic mass is 10.1. The number of halogens is 2. The molecule has 3 nitrogen and oxygen atoms in total. The molecule has 0 radical (unpaired) electrons. The fourth-order valence-corrected chi connectivity index (χ4v) is 2.64. The molecule has 0 saturated heterocycles. The Bertz CT molecular complexity index is 783. The predicted molar refractivity (Wildman–Crippen MR) is 85.3 cm³/mol. The summed E-state index contributed by atoms with van der Waals surface area (Å²) in [6.07, 6.45) is 3.65. The number of nitrogens with two attached hydrogens (primary N) is 1. The van der Waals surface area contributed by atoms with Gasteiger partial charge < -0.3 is 10.3 Å². The van der Waals surface area contributed by atoms with Gasteiger partial charge >= 0.3 is 0 Å². The molecule has 2 aromatic carbocycles. The Morgan fingerprint density at radius 3 is 2.81 bits per heavy atom. The van der Waals surface area contributed by atoms with Gasteiger partial charge in [-0.15, -0.1) is 0 Å². The molecule has 106 valence electrons. The molecule has 0 spiro atoms. The van der Waals surface area contributed by atoms with Crippen LogP contribution < -0.4 is 5.73 Å². The second kappa shape index (κ2) is 5.69. The van der Waals surface area contributed by atoms with E-state index in [2.05, 4.69) is 20.9 Å². The maximum absolute atomic E-state index is 13.3. The van der Waals surface area contributed by atoms with Crippen LogP contribution in [0.2, 0.25) is 0 Å². The van der Waals surface area contributed by atoms with E-state index < -0.39 is 0 Å². The lowest BCUT2D eigenvalue weighted by Gasteiger charge is -2.09. The molecule has 3 aromatic rings.